The highest BCUT2D eigenvalue weighted by molar-refractivity contribution is 7.96. The van der Waals surface area contributed by atoms with E-state index in [-0.39, 0.29) is 9.80 Å². The molecule has 204 valence electrons. The van der Waals surface area contributed by atoms with E-state index in [1.807, 2.05) is 18.7 Å². The van der Waals surface area contributed by atoms with Crippen molar-refractivity contribution >= 4 is 40.9 Å². The smallest absolute Gasteiger partial charge is 0.314 e. The highest BCUT2D eigenvalue weighted by atomic mass is 32.2. The van der Waals surface area contributed by atoms with Crippen LogP contribution in [0, 0.1) is 0 Å². The average Bonchev–Trinajstić information content (AvgIpc) is 2.74. The van der Waals surface area contributed by atoms with E-state index in [1.54, 1.807) is 30.5 Å². The van der Waals surface area contributed by atoms with Crippen LogP contribution in [0.1, 0.15) is 20.3 Å². The van der Waals surface area contributed by atoms with Gasteiger partial charge in [-0.25, -0.2) is 8.42 Å². The second kappa shape index (κ2) is 13.9. The van der Waals surface area contributed by atoms with E-state index in [2.05, 4.69) is 51.1 Å². The van der Waals surface area contributed by atoms with E-state index in [9.17, 15) is 13.2 Å². The highest BCUT2D eigenvalue weighted by Crippen LogP contribution is 2.25. The minimum atomic E-state index is -3.98. The molecule has 0 aromatic heterocycles. The van der Waals surface area contributed by atoms with Crippen molar-refractivity contribution in [2.45, 2.75) is 77.0 Å². The predicted molar refractivity (Wildman–Crippen MR) is 157 cm³/mol. The van der Waals surface area contributed by atoms with Gasteiger partial charge in [0.25, 0.3) is 5.91 Å². The van der Waals surface area contributed by atoms with Crippen LogP contribution < -0.4 is 5.32 Å². The fourth-order valence-corrected chi connectivity index (χ4v) is 17.7. The Balaban J connectivity index is 3.05. The van der Waals surface area contributed by atoms with Gasteiger partial charge in [0.1, 0.15) is 4.91 Å². The first kappa shape index (κ1) is 32.5. The van der Waals surface area contributed by atoms with Gasteiger partial charge in [-0.2, -0.15) is 0 Å². The van der Waals surface area contributed by atoms with Crippen LogP contribution in [-0.2, 0) is 22.9 Å². The molecule has 1 aromatic rings. The Bertz CT molecular complexity index is 981. The summed E-state index contributed by atoms with van der Waals surface area (Å²) < 4.78 is 39.6. The maximum atomic E-state index is 13.3. The van der Waals surface area contributed by atoms with Crippen molar-refractivity contribution in [3.05, 3.63) is 53.6 Å². The molecule has 1 rings (SSSR count). The quantitative estimate of drug-likeness (QED) is 0.130. The molecule has 0 radical (unpaired) electrons. The van der Waals surface area contributed by atoms with Crippen LogP contribution in [0.15, 0.2) is 58.5 Å². The normalized spacial score (nSPS) is 13.8. The van der Waals surface area contributed by atoms with Crippen LogP contribution >= 0.6 is 0 Å². The minimum absolute atomic E-state index is 0.0923. The number of allylic oxidation sites excluding steroid dienone is 2. The van der Waals surface area contributed by atoms with E-state index in [1.165, 1.54) is 18.2 Å². The molecule has 0 heterocycles. The van der Waals surface area contributed by atoms with Crippen LogP contribution in [-0.4, -0.2) is 64.1 Å². The Kier molecular flexibility index (Phi) is 12.5. The zero-order chi connectivity index (χ0) is 27.6. The van der Waals surface area contributed by atoms with E-state index in [0.29, 0.717) is 13.0 Å². The third-order valence-electron chi connectivity index (χ3n) is 5.06. The van der Waals surface area contributed by atoms with E-state index in [4.69, 9.17) is 8.23 Å². The van der Waals surface area contributed by atoms with Crippen LogP contribution in [0.2, 0.25) is 51.9 Å². The molecule has 0 bridgehead atoms. The Hall–Kier alpha value is -1.51. The van der Waals surface area contributed by atoms with Crippen LogP contribution in [0.4, 0.5) is 0 Å². The molecular weight excluding hydrogens is 525 g/mol. The average molecular weight is 571 g/mol. The summed E-state index contributed by atoms with van der Waals surface area (Å²) in [5.74, 6) is -0.608. The number of benzene rings is 1. The first-order chi connectivity index (χ1) is 16.5. The molecule has 0 fully saturated rings. The van der Waals surface area contributed by atoms with E-state index in [0.717, 1.165) is 19.1 Å². The maximum Gasteiger partial charge on any atom is 0.314 e. The number of carbonyl (C=O) groups excluding carboxylic acids is 1. The molecule has 0 aliphatic carbocycles. The van der Waals surface area contributed by atoms with E-state index >= 15 is 0 Å². The number of hydrogen-bond acceptors (Lipinski definition) is 6. The van der Waals surface area contributed by atoms with Crippen LogP contribution in [0.5, 0.6) is 0 Å². The number of rotatable bonds is 15. The van der Waals surface area contributed by atoms with Crippen molar-refractivity contribution in [1.29, 1.82) is 0 Å². The SMILES string of the molecule is CCN(C=CC=C(C(=O)NCCC[Si](C)(O[Si](C)(C)C)O[Si](C)(C)C)S(=O)(=O)c1ccccc1)CC. The lowest BCUT2D eigenvalue weighted by Crippen LogP contribution is -2.52. The first-order valence-electron chi connectivity index (χ1n) is 12.6. The third kappa shape index (κ3) is 11.7. The van der Waals surface area contributed by atoms with E-state index < -0.39 is 40.9 Å². The molecule has 0 atom stereocenters. The molecule has 0 aliphatic heterocycles. The highest BCUT2D eigenvalue weighted by Gasteiger charge is 2.39. The minimum Gasteiger partial charge on any atom is -0.437 e. The van der Waals surface area contributed by atoms with Gasteiger partial charge in [-0.05, 0) is 103 Å². The van der Waals surface area contributed by atoms with Crippen molar-refractivity contribution in [2.75, 3.05) is 19.6 Å². The van der Waals surface area contributed by atoms with Crippen LogP contribution in [0.3, 0.4) is 0 Å². The van der Waals surface area contributed by atoms with Crippen LogP contribution in [0.25, 0.3) is 0 Å². The van der Waals surface area contributed by atoms with Gasteiger partial charge in [0.05, 0.1) is 4.90 Å². The Morgan fingerprint density at radius 2 is 1.47 bits per heavy atom. The Labute approximate surface area is 222 Å². The summed E-state index contributed by atoms with van der Waals surface area (Å²) in [5.41, 5.74) is 0. The molecule has 0 aliphatic rings. The predicted octanol–water partition coefficient (Wildman–Crippen LogP) is 5.48. The van der Waals surface area contributed by atoms with Gasteiger partial charge in [-0.1, -0.05) is 18.2 Å². The molecule has 0 saturated carbocycles. The molecule has 0 saturated heterocycles. The van der Waals surface area contributed by atoms with Gasteiger partial charge in [0.15, 0.2) is 16.6 Å². The number of hydrogen-bond donors (Lipinski definition) is 1. The molecule has 1 aromatic carbocycles. The lowest BCUT2D eigenvalue weighted by Gasteiger charge is -2.38. The second-order valence-electron chi connectivity index (χ2n) is 10.8. The first-order valence-corrected chi connectivity index (χ1v) is 23.5. The van der Waals surface area contributed by atoms with Gasteiger partial charge in [-0.15, -0.1) is 0 Å². The fraction of sp³-hybridized carbons (Fsp3) is 0.560. The number of carbonyl (C=O) groups is 1. The summed E-state index contributed by atoms with van der Waals surface area (Å²) in [6.45, 7) is 21.0. The Morgan fingerprint density at radius 3 is 1.94 bits per heavy atom. The van der Waals surface area contributed by atoms with Gasteiger partial charge >= 0.3 is 8.56 Å². The fourth-order valence-electron chi connectivity index (χ4n) is 3.82. The molecular formula is C25H46N2O5SSi3. The van der Waals surface area contributed by atoms with Gasteiger partial charge in [0.2, 0.25) is 9.84 Å². The maximum absolute atomic E-state index is 13.3. The zero-order valence-corrected chi connectivity index (χ0v) is 27.4. The molecule has 1 amide bonds. The molecule has 36 heavy (non-hydrogen) atoms. The lowest BCUT2D eigenvalue weighted by atomic mass is 10.4. The summed E-state index contributed by atoms with van der Waals surface area (Å²) in [6.07, 6.45) is 5.46. The molecule has 0 unspecified atom stereocenters. The molecule has 11 heteroatoms. The number of amides is 1. The Morgan fingerprint density at radius 1 is 0.944 bits per heavy atom. The lowest BCUT2D eigenvalue weighted by molar-refractivity contribution is -0.116. The standard InChI is InChI=1S/C25H46N2O5SSi3/c1-10-27(11-2)21-15-19-24(33(29,30)23-17-13-12-14-18-23)25(28)26-20-16-22-36(9,31-34(3,4)5)32-35(6,7)8/h12-15,17-19,21H,10-11,16,20,22H2,1-9H3,(H,26,28). The van der Waals surface area contributed by atoms with Gasteiger partial charge < -0.3 is 18.4 Å². The molecule has 1 N–H and O–H groups in total. The summed E-state index contributed by atoms with van der Waals surface area (Å²) in [5, 5.41) is 2.82. The van der Waals surface area contributed by atoms with Crippen molar-refractivity contribution < 1.29 is 21.4 Å². The summed E-state index contributed by atoms with van der Waals surface area (Å²) >= 11 is 0. The topological polar surface area (TPSA) is 84.9 Å². The summed E-state index contributed by atoms with van der Waals surface area (Å²) in [4.78, 5) is 15.0. The third-order valence-corrected chi connectivity index (χ3v) is 16.5. The van der Waals surface area contributed by atoms with Crippen molar-refractivity contribution in [1.82, 2.24) is 10.2 Å². The largest absolute Gasteiger partial charge is 0.437 e. The zero-order valence-electron chi connectivity index (χ0n) is 23.6. The van der Waals surface area contributed by atoms with Crippen molar-refractivity contribution in [3.63, 3.8) is 0 Å². The number of nitrogens with zero attached hydrogens (tertiary/aromatic N) is 1. The van der Waals surface area contributed by atoms with Crippen molar-refractivity contribution in [2.24, 2.45) is 0 Å². The van der Waals surface area contributed by atoms with Crippen molar-refractivity contribution in [3.8, 4) is 0 Å². The summed E-state index contributed by atoms with van der Waals surface area (Å²) in [7, 11) is -10.0. The molecule has 0 spiro atoms. The number of sulfone groups is 1. The monoisotopic (exact) mass is 570 g/mol. The second-order valence-corrected chi connectivity index (χ2v) is 25.6. The summed E-state index contributed by atoms with van der Waals surface area (Å²) in [6, 6.07) is 8.78. The van der Waals surface area contributed by atoms with Gasteiger partial charge in [-0.3, -0.25) is 4.79 Å². The van der Waals surface area contributed by atoms with Gasteiger partial charge in [0, 0.05) is 19.6 Å². The molecule has 7 nitrogen and oxygen atoms in total. The number of nitrogens with one attached hydrogen (secondary N) is 1.